The summed E-state index contributed by atoms with van der Waals surface area (Å²) in [4.78, 5) is 10.6. The van der Waals surface area contributed by atoms with Crippen LogP contribution < -0.4 is 10.2 Å². The Hall–Kier alpha value is -1.59. The van der Waals surface area contributed by atoms with Crippen molar-refractivity contribution < 1.29 is 4.74 Å². The quantitative estimate of drug-likeness (QED) is 0.875. The number of imidazole rings is 1. The number of rotatable bonds is 2. The summed E-state index contributed by atoms with van der Waals surface area (Å²) in [6.07, 6.45) is 2.41. The highest BCUT2D eigenvalue weighted by Gasteiger charge is 2.20. The second-order valence-electron chi connectivity index (χ2n) is 5.57. The molecule has 1 aromatic heterocycles. The van der Waals surface area contributed by atoms with Crippen LogP contribution in [0.2, 0.25) is 0 Å². The van der Waals surface area contributed by atoms with Crippen molar-refractivity contribution >= 4 is 16.7 Å². The minimum Gasteiger partial charge on any atom is -0.378 e. The van der Waals surface area contributed by atoms with E-state index in [1.165, 1.54) is 18.5 Å². The molecule has 2 aromatic rings. The van der Waals surface area contributed by atoms with E-state index < -0.39 is 0 Å². The van der Waals surface area contributed by atoms with Crippen molar-refractivity contribution in [1.82, 2.24) is 15.3 Å². The third kappa shape index (κ3) is 2.17. The molecule has 106 valence electrons. The molecule has 5 heteroatoms. The van der Waals surface area contributed by atoms with Crippen molar-refractivity contribution in [3.63, 3.8) is 0 Å². The molecule has 3 heterocycles. The fraction of sp³-hybridized carbons (Fsp3) is 0.533. The summed E-state index contributed by atoms with van der Waals surface area (Å²) >= 11 is 0. The first-order valence-corrected chi connectivity index (χ1v) is 7.46. The lowest BCUT2D eigenvalue weighted by molar-refractivity contribution is 0.122. The van der Waals surface area contributed by atoms with E-state index in [-0.39, 0.29) is 0 Å². The van der Waals surface area contributed by atoms with Gasteiger partial charge >= 0.3 is 0 Å². The van der Waals surface area contributed by atoms with Gasteiger partial charge in [0.25, 0.3) is 0 Å². The zero-order chi connectivity index (χ0) is 13.4. The molecular formula is C15H20N4O. The molecule has 0 bridgehead atoms. The summed E-state index contributed by atoms with van der Waals surface area (Å²) in [7, 11) is 0. The van der Waals surface area contributed by atoms with Gasteiger partial charge in [0.1, 0.15) is 5.82 Å². The highest BCUT2D eigenvalue weighted by atomic mass is 16.5. The number of aromatic amines is 1. The number of benzene rings is 1. The molecule has 2 N–H and O–H groups in total. The Bertz CT molecular complexity index is 597. The van der Waals surface area contributed by atoms with Crippen LogP contribution in [0, 0.1) is 0 Å². The first-order valence-electron chi connectivity index (χ1n) is 7.46. The van der Waals surface area contributed by atoms with Crippen molar-refractivity contribution in [1.29, 1.82) is 0 Å². The Balaban J connectivity index is 1.64. The maximum Gasteiger partial charge on any atom is 0.124 e. The van der Waals surface area contributed by atoms with Gasteiger partial charge in [-0.1, -0.05) is 0 Å². The lowest BCUT2D eigenvalue weighted by Crippen LogP contribution is -2.36. The van der Waals surface area contributed by atoms with Crippen molar-refractivity contribution in [3.8, 4) is 0 Å². The van der Waals surface area contributed by atoms with E-state index in [0.717, 1.165) is 49.7 Å². The van der Waals surface area contributed by atoms with Crippen LogP contribution in [-0.2, 0) is 4.74 Å². The van der Waals surface area contributed by atoms with Gasteiger partial charge in [0, 0.05) is 18.8 Å². The van der Waals surface area contributed by atoms with Crippen molar-refractivity contribution in [2.45, 2.75) is 18.9 Å². The lowest BCUT2D eigenvalue weighted by atomic mass is 10.2. The fourth-order valence-corrected chi connectivity index (χ4v) is 3.12. The number of hydrogen-bond donors (Lipinski definition) is 2. The Morgan fingerprint density at radius 2 is 2.15 bits per heavy atom. The molecule has 20 heavy (non-hydrogen) atoms. The normalized spacial score (nSPS) is 23.6. The maximum absolute atomic E-state index is 5.41. The molecule has 1 unspecified atom stereocenters. The lowest BCUT2D eigenvalue weighted by Gasteiger charge is -2.28. The van der Waals surface area contributed by atoms with Gasteiger partial charge in [-0.3, -0.25) is 0 Å². The molecule has 0 radical (unpaired) electrons. The van der Waals surface area contributed by atoms with Crippen LogP contribution in [0.4, 0.5) is 5.69 Å². The second kappa shape index (κ2) is 5.07. The standard InChI is InChI=1S/C15H20N4O/c1-2-13(16-5-1)15-17-12-4-3-11(10-14(12)18-15)19-6-8-20-9-7-19/h3-4,10,13,16H,1-2,5-9H2,(H,17,18). The molecule has 1 atom stereocenters. The number of hydrogen-bond acceptors (Lipinski definition) is 4. The van der Waals surface area contributed by atoms with Crippen LogP contribution >= 0.6 is 0 Å². The molecular weight excluding hydrogens is 252 g/mol. The van der Waals surface area contributed by atoms with E-state index in [9.17, 15) is 0 Å². The maximum atomic E-state index is 5.41. The number of anilines is 1. The molecule has 2 aliphatic rings. The topological polar surface area (TPSA) is 53.2 Å². The van der Waals surface area contributed by atoms with E-state index in [2.05, 4.69) is 33.4 Å². The zero-order valence-corrected chi connectivity index (χ0v) is 11.6. The number of aromatic nitrogens is 2. The summed E-state index contributed by atoms with van der Waals surface area (Å²) in [6, 6.07) is 6.90. The van der Waals surface area contributed by atoms with Gasteiger partial charge < -0.3 is 19.9 Å². The third-order valence-electron chi connectivity index (χ3n) is 4.25. The first kappa shape index (κ1) is 12.2. The van der Waals surface area contributed by atoms with E-state index in [1.807, 2.05) is 0 Å². The van der Waals surface area contributed by atoms with Crippen LogP contribution in [0.5, 0.6) is 0 Å². The Labute approximate surface area is 118 Å². The van der Waals surface area contributed by atoms with E-state index in [4.69, 9.17) is 9.72 Å². The number of nitrogens with one attached hydrogen (secondary N) is 2. The first-order chi connectivity index (χ1) is 9.90. The van der Waals surface area contributed by atoms with Gasteiger partial charge in [-0.2, -0.15) is 0 Å². The summed E-state index contributed by atoms with van der Waals surface area (Å²) in [5, 5.41) is 3.49. The van der Waals surface area contributed by atoms with Gasteiger partial charge in [0.15, 0.2) is 0 Å². The van der Waals surface area contributed by atoms with Crippen LogP contribution in [0.25, 0.3) is 11.0 Å². The zero-order valence-electron chi connectivity index (χ0n) is 11.6. The van der Waals surface area contributed by atoms with Crippen LogP contribution in [0.1, 0.15) is 24.7 Å². The fourth-order valence-electron chi connectivity index (χ4n) is 3.12. The summed E-state index contributed by atoms with van der Waals surface area (Å²) in [5.41, 5.74) is 3.46. The molecule has 2 aliphatic heterocycles. The Kier molecular flexibility index (Phi) is 3.09. The van der Waals surface area contributed by atoms with Gasteiger partial charge in [-0.15, -0.1) is 0 Å². The minimum atomic E-state index is 0.397. The van der Waals surface area contributed by atoms with Gasteiger partial charge in [-0.05, 0) is 37.6 Å². The molecule has 1 aromatic carbocycles. The highest BCUT2D eigenvalue weighted by molar-refractivity contribution is 5.79. The third-order valence-corrected chi connectivity index (χ3v) is 4.25. The van der Waals surface area contributed by atoms with Crippen molar-refractivity contribution in [2.75, 3.05) is 37.7 Å². The van der Waals surface area contributed by atoms with Crippen LogP contribution in [-0.4, -0.2) is 42.8 Å². The average Bonchev–Trinajstić information content (AvgIpc) is 3.16. The van der Waals surface area contributed by atoms with Crippen molar-refractivity contribution in [2.24, 2.45) is 0 Å². The average molecular weight is 272 g/mol. The number of morpholine rings is 1. The monoisotopic (exact) mass is 272 g/mol. The second-order valence-corrected chi connectivity index (χ2v) is 5.57. The number of nitrogens with zero attached hydrogens (tertiary/aromatic N) is 2. The molecule has 4 rings (SSSR count). The molecule has 2 saturated heterocycles. The Morgan fingerprint density at radius 3 is 2.95 bits per heavy atom. The van der Waals surface area contributed by atoms with Gasteiger partial charge in [0.05, 0.1) is 30.3 Å². The molecule has 2 fully saturated rings. The molecule has 0 aliphatic carbocycles. The smallest absolute Gasteiger partial charge is 0.124 e. The predicted octanol–water partition coefficient (Wildman–Crippen LogP) is 1.82. The summed E-state index contributed by atoms with van der Waals surface area (Å²) in [6.45, 7) is 4.67. The number of ether oxygens (including phenoxy) is 1. The van der Waals surface area contributed by atoms with E-state index in [1.54, 1.807) is 0 Å². The number of fused-ring (bicyclic) bond motifs is 1. The van der Waals surface area contributed by atoms with Crippen molar-refractivity contribution in [3.05, 3.63) is 24.0 Å². The van der Waals surface area contributed by atoms with Crippen LogP contribution in [0.3, 0.4) is 0 Å². The van der Waals surface area contributed by atoms with Gasteiger partial charge in [0.2, 0.25) is 0 Å². The molecule has 0 saturated carbocycles. The minimum absolute atomic E-state index is 0.397. The van der Waals surface area contributed by atoms with Gasteiger partial charge in [-0.25, -0.2) is 4.98 Å². The predicted molar refractivity (Wildman–Crippen MR) is 79.1 cm³/mol. The molecule has 0 amide bonds. The summed E-state index contributed by atoms with van der Waals surface area (Å²) < 4.78 is 5.41. The largest absolute Gasteiger partial charge is 0.378 e. The van der Waals surface area contributed by atoms with E-state index in [0.29, 0.717) is 6.04 Å². The molecule has 0 spiro atoms. The van der Waals surface area contributed by atoms with E-state index >= 15 is 0 Å². The SMILES string of the molecule is c1cc2nc(C3CCCN3)[nH]c2cc1N1CCOCC1. The Morgan fingerprint density at radius 1 is 1.25 bits per heavy atom. The van der Waals surface area contributed by atoms with Crippen LogP contribution in [0.15, 0.2) is 18.2 Å². The molecule has 5 nitrogen and oxygen atoms in total. The number of H-pyrrole nitrogens is 1. The summed E-state index contributed by atoms with van der Waals surface area (Å²) in [5.74, 6) is 1.08. The highest BCUT2D eigenvalue weighted by Crippen LogP contribution is 2.26.